The maximum Gasteiger partial charge on any atom is 0.416 e. The second kappa shape index (κ2) is 14.6. The summed E-state index contributed by atoms with van der Waals surface area (Å²) in [4.78, 5) is 29.3. The Bertz CT molecular complexity index is 1390. The van der Waals surface area contributed by atoms with Crippen LogP contribution in [0.15, 0.2) is 49.1 Å². The molecule has 0 atom stereocenters. The first-order valence-corrected chi connectivity index (χ1v) is 13.9. The van der Waals surface area contributed by atoms with Crippen molar-refractivity contribution in [2.45, 2.75) is 44.9 Å². The zero-order valence-corrected chi connectivity index (χ0v) is 24.4. The van der Waals surface area contributed by atoms with E-state index in [0.717, 1.165) is 43.2 Å². The fourth-order valence-corrected chi connectivity index (χ4v) is 5.14. The van der Waals surface area contributed by atoms with Crippen LogP contribution in [-0.4, -0.2) is 61.0 Å². The molecular formula is C32H37F3N6O2. The van der Waals surface area contributed by atoms with Crippen molar-refractivity contribution in [1.82, 2.24) is 15.1 Å². The van der Waals surface area contributed by atoms with Crippen LogP contribution >= 0.6 is 0 Å². The van der Waals surface area contributed by atoms with Crippen molar-refractivity contribution in [2.75, 3.05) is 31.6 Å². The average Bonchev–Trinajstić information content (AvgIpc) is 3.31. The first-order valence-electron chi connectivity index (χ1n) is 13.9. The summed E-state index contributed by atoms with van der Waals surface area (Å²) in [6, 6.07) is 10.2. The Balaban J connectivity index is 0.000000765. The zero-order chi connectivity index (χ0) is 31.7. The van der Waals surface area contributed by atoms with E-state index >= 15 is 0 Å². The number of carbonyl (C=O) groups excluding carboxylic acids is 2. The van der Waals surface area contributed by atoms with Crippen LogP contribution in [0.5, 0.6) is 0 Å². The summed E-state index contributed by atoms with van der Waals surface area (Å²) in [7, 11) is 1.62. The highest BCUT2D eigenvalue weighted by molar-refractivity contribution is 6.10. The summed E-state index contributed by atoms with van der Waals surface area (Å²) >= 11 is 0. The van der Waals surface area contributed by atoms with Gasteiger partial charge in [0.2, 0.25) is 5.91 Å². The molecule has 1 fully saturated rings. The molecule has 2 aliphatic rings. The second-order valence-corrected chi connectivity index (χ2v) is 10.7. The molecule has 0 radical (unpaired) electrons. The van der Waals surface area contributed by atoms with E-state index in [1.54, 1.807) is 13.1 Å². The molecule has 3 N–H and O–H groups in total. The molecule has 43 heavy (non-hydrogen) atoms. The van der Waals surface area contributed by atoms with Crippen molar-refractivity contribution in [3.05, 3.63) is 76.9 Å². The molecule has 0 unspecified atom stereocenters. The Hall–Kier alpha value is -4.43. The van der Waals surface area contributed by atoms with Gasteiger partial charge in [-0.1, -0.05) is 31.6 Å². The quantitative estimate of drug-likeness (QED) is 0.109. The van der Waals surface area contributed by atoms with Crippen molar-refractivity contribution >= 4 is 30.2 Å². The number of rotatable bonds is 11. The minimum Gasteiger partial charge on any atom is -0.327 e. The number of hydrogen-bond acceptors (Lipinski definition) is 5. The molecule has 0 bridgehead atoms. The molecule has 2 amide bonds. The number of amides is 2. The maximum absolute atomic E-state index is 14.0. The van der Waals surface area contributed by atoms with Crippen molar-refractivity contribution in [1.29, 1.82) is 10.8 Å². The Labute approximate surface area is 250 Å². The van der Waals surface area contributed by atoms with Gasteiger partial charge in [-0.25, -0.2) is 0 Å². The number of alkyl halides is 3. The number of terminal acetylenes is 1. The smallest absolute Gasteiger partial charge is 0.327 e. The lowest BCUT2D eigenvalue weighted by Gasteiger charge is -2.33. The summed E-state index contributed by atoms with van der Waals surface area (Å²) in [5.74, 6) is 2.73. The van der Waals surface area contributed by atoms with Gasteiger partial charge in [-0.15, -0.1) is 6.42 Å². The molecule has 1 saturated carbocycles. The molecule has 0 aromatic heterocycles. The van der Waals surface area contributed by atoms with E-state index in [-0.39, 0.29) is 43.2 Å². The van der Waals surface area contributed by atoms with Gasteiger partial charge in [0.05, 0.1) is 31.3 Å². The largest absolute Gasteiger partial charge is 0.416 e. The van der Waals surface area contributed by atoms with Gasteiger partial charge in [0, 0.05) is 37.9 Å². The summed E-state index contributed by atoms with van der Waals surface area (Å²) < 4.78 is 42.1. The van der Waals surface area contributed by atoms with Gasteiger partial charge < -0.3 is 20.0 Å². The van der Waals surface area contributed by atoms with Crippen LogP contribution in [0.3, 0.4) is 0 Å². The number of fused-ring (bicyclic) bond motifs is 1. The van der Waals surface area contributed by atoms with Gasteiger partial charge >= 0.3 is 6.18 Å². The minimum atomic E-state index is -4.60. The van der Waals surface area contributed by atoms with E-state index in [2.05, 4.69) is 24.7 Å². The standard InChI is InChI=1S/C29H30F3N3O2.C3H7N3/c1-4-10-34(27(36)5-2)11-9-33-17-20-14-24-25(26(15-20)29(30,31)32)18-35(28(24)37)23-8-6-7-21(16-23)22-12-19(3)13-22;1-6(2-4)3-5/h1,5-8,14-16,19,22,33H,2,9-13,17-18H2,3H3;2-5H,1H3. The highest BCUT2D eigenvalue weighted by Gasteiger charge is 2.40. The second-order valence-electron chi connectivity index (χ2n) is 10.7. The molecule has 8 nitrogen and oxygen atoms in total. The molecule has 1 aliphatic carbocycles. The van der Waals surface area contributed by atoms with Crippen molar-refractivity contribution in [2.24, 2.45) is 5.92 Å². The Morgan fingerprint density at radius 3 is 2.49 bits per heavy atom. The fourth-order valence-electron chi connectivity index (χ4n) is 5.14. The highest BCUT2D eigenvalue weighted by Crippen LogP contribution is 2.43. The van der Waals surface area contributed by atoms with Crippen molar-refractivity contribution < 1.29 is 22.8 Å². The molecule has 4 rings (SSSR count). The van der Waals surface area contributed by atoms with E-state index in [4.69, 9.17) is 17.2 Å². The highest BCUT2D eigenvalue weighted by atomic mass is 19.4. The fraction of sp³-hybridized carbons (Fsp3) is 0.375. The van der Waals surface area contributed by atoms with Crippen LogP contribution in [0.25, 0.3) is 0 Å². The van der Waals surface area contributed by atoms with Crippen LogP contribution in [0.4, 0.5) is 18.9 Å². The SMILES string of the molecule is C#CCN(CCNCc1cc2c(c(C(F)(F)F)c1)CN(c1cccc(C3CC(C)C3)c1)C2=O)C(=O)C=C.CN(C=N)C=N. The molecule has 1 aliphatic heterocycles. The molecule has 228 valence electrons. The number of nitrogens with one attached hydrogen (secondary N) is 3. The van der Waals surface area contributed by atoms with Crippen LogP contribution in [-0.2, 0) is 24.1 Å². The van der Waals surface area contributed by atoms with Crippen LogP contribution < -0.4 is 10.2 Å². The maximum atomic E-state index is 14.0. The Morgan fingerprint density at radius 2 is 1.93 bits per heavy atom. The van der Waals surface area contributed by atoms with Gasteiger partial charge in [-0.2, -0.15) is 13.2 Å². The lowest BCUT2D eigenvalue weighted by Crippen LogP contribution is -2.36. The van der Waals surface area contributed by atoms with Crippen molar-refractivity contribution in [3.63, 3.8) is 0 Å². The number of hydrogen-bond donors (Lipinski definition) is 3. The van der Waals surface area contributed by atoms with Gasteiger partial charge in [0.15, 0.2) is 0 Å². The van der Waals surface area contributed by atoms with E-state index in [9.17, 15) is 22.8 Å². The van der Waals surface area contributed by atoms with E-state index < -0.39 is 17.6 Å². The molecule has 1 heterocycles. The van der Waals surface area contributed by atoms with E-state index in [1.807, 2.05) is 18.2 Å². The normalized spacial score (nSPS) is 17.0. The number of benzene rings is 2. The van der Waals surface area contributed by atoms with Crippen LogP contribution in [0.1, 0.15) is 58.3 Å². The third-order valence-electron chi connectivity index (χ3n) is 7.50. The van der Waals surface area contributed by atoms with Crippen LogP contribution in [0, 0.1) is 29.1 Å². The van der Waals surface area contributed by atoms with Gasteiger partial charge in [-0.3, -0.25) is 20.4 Å². The summed E-state index contributed by atoms with van der Waals surface area (Å²) in [5, 5.41) is 16.0. The van der Waals surface area contributed by atoms with Crippen molar-refractivity contribution in [3.8, 4) is 12.3 Å². The molecular weight excluding hydrogens is 557 g/mol. The number of anilines is 1. The van der Waals surface area contributed by atoms with Gasteiger partial charge in [-0.05, 0) is 71.7 Å². The molecule has 2 aromatic rings. The zero-order valence-electron chi connectivity index (χ0n) is 24.4. The van der Waals surface area contributed by atoms with Crippen LogP contribution in [0.2, 0.25) is 0 Å². The Kier molecular flexibility index (Phi) is 11.3. The van der Waals surface area contributed by atoms with Gasteiger partial charge in [0.25, 0.3) is 5.91 Å². The lowest BCUT2D eigenvalue weighted by atomic mass is 9.72. The average molecular weight is 595 g/mol. The first-order chi connectivity index (χ1) is 20.4. The third kappa shape index (κ3) is 8.32. The molecule has 0 saturated heterocycles. The van der Waals surface area contributed by atoms with E-state index in [1.165, 1.54) is 20.8 Å². The molecule has 2 aromatic carbocycles. The number of nitrogens with zero attached hydrogens (tertiary/aromatic N) is 3. The third-order valence-corrected chi connectivity index (χ3v) is 7.50. The number of halogens is 3. The monoisotopic (exact) mass is 594 g/mol. The predicted octanol–water partition coefficient (Wildman–Crippen LogP) is 5.25. The summed E-state index contributed by atoms with van der Waals surface area (Å²) in [5.41, 5.74) is 1.36. The van der Waals surface area contributed by atoms with E-state index in [0.29, 0.717) is 29.6 Å². The summed E-state index contributed by atoms with van der Waals surface area (Å²) in [6.07, 6.45) is 6.13. The predicted molar refractivity (Wildman–Crippen MR) is 162 cm³/mol. The molecule has 0 spiro atoms. The topological polar surface area (TPSA) is 104 Å². The summed E-state index contributed by atoms with van der Waals surface area (Å²) in [6.45, 7) is 6.31. The van der Waals surface area contributed by atoms with Gasteiger partial charge in [0.1, 0.15) is 0 Å². The lowest BCUT2D eigenvalue weighted by molar-refractivity contribution is -0.138. The Morgan fingerprint density at radius 1 is 1.23 bits per heavy atom. The number of carbonyl (C=O) groups is 2. The molecule has 11 heteroatoms. The minimum absolute atomic E-state index is 0.000643. The first kappa shape index (κ1) is 33.1.